The number of hydrogen-bond donors (Lipinski definition) is 2. The monoisotopic (exact) mass is 480 g/mol. The lowest BCUT2D eigenvalue weighted by molar-refractivity contribution is -0.118. The minimum absolute atomic E-state index is 0.0190. The lowest BCUT2D eigenvalue weighted by atomic mass is 10.3. The molecule has 3 aromatic rings. The van der Waals surface area contributed by atoms with Crippen LogP contribution < -0.4 is 14.8 Å². The summed E-state index contributed by atoms with van der Waals surface area (Å²) in [4.78, 5) is 19.6. The first kappa shape index (κ1) is 20.7. The number of carbonyl (C=O) groups excluding carboxylic acids is 1. The predicted octanol–water partition coefficient (Wildman–Crippen LogP) is 3.20. The van der Waals surface area contributed by atoms with Gasteiger partial charge in [-0.25, -0.2) is 27.5 Å². The fourth-order valence-corrected chi connectivity index (χ4v) is 3.60. The van der Waals surface area contributed by atoms with Crippen LogP contribution in [-0.2, 0) is 14.8 Å². The maximum Gasteiger partial charge on any atom is 0.264 e. The van der Waals surface area contributed by atoms with Crippen molar-refractivity contribution in [3.63, 3.8) is 0 Å². The van der Waals surface area contributed by atoms with E-state index in [9.17, 15) is 17.6 Å². The van der Waals surface area contributed by atoms with E-state index < -0.39 is 21.7 Å². The number of amides is 1. The highest BCUT2D eigenvalue weighted by atomic mass is 79.9. The van der Waals surface area contributed by atoms with E-state index in [1.54, 1.807) is 6.07 Å². The lowest BCUT2D eigenvalue weighted by Gasteiger charge is -2.10. The molecule has 8 nitrogen and oxygen atoms in total. The fraction of sp³-hybridized carbons (Fsp3) is 0.0556. The molecule has 0 saturated carbocycles. The van der Waals surface area contributed by atoms with Crippen LogP contribution >= 0.6 is 15.9 Å². The van der Waals surface area contributed by atoms with Crippen LogP contribution in [0.1, 0.15) is 0 Å². The largest absolute Gasteiger partial charge is 0.483 e. The van der Waals surface area contributed by atoms with Gasteiger partial charge in [-0.1, -0.05) is 0 Å². The summed E-state index contributed by atoms with van der Waals surface area (Å²) in [7, 11) is -3.86. The smallest absolute Gasteiger partial charge is 0.264 e. The Hall–Kier alpha value is -3.05. The number of nitrogens with one attached hydrogen (secondary N) is 2. The van der Waals surface area contributed by atoms with Gasteiger partial charge in [-0.2, -0.15) is 0 Å². The molecule has 0 aliphatic carbocycles. The van der Waals surface area contributed by atoms with Gasteiger partial charge in [-0.15, -0.1) is 0 Å². The topological polar surface area (TPSA) is 110 Å². The number of aromatic nitrogens is 2. The van der Waals surface area contributed by atoms with Gasteiger partial charge in [0.25, 0.3) is 15.9 Å². The maximum absolute atomic E-state index is 13.1. The van der Waals surface area contributed by atoms with Gasteiger partial charge in [0.1, 0.15) is 11.6 Å². The molecule has 1 aromatic heterocycles. The molecule has 0 aliphatic rings. The number of rotatable bonds is 7. The summed E-state index contributed by atoms with van der Waals surface area (Å²) in [5, 5.41) is 2.58. The molecule has 1 amide bonds. The molecular formula is C18H14BrFN4O4S. The van der Waals surface area contributed by atoms with Crippen molar-refractivity contribution in [3.05, 3.63) is 71.2 Å². The number of halogens is 2. The third-order valence-electron chi connectivity index (χ3n) is 3.49. The highest BCUT2D eigenvalue weighted by molar-refractivity contribution is 9.10. The lowest BCUT2D eigenvalue weighted by Crippen LogP contribution is -2.20. The first-order valence-corrected chi connectivity index (χ1v) is 10.4. The highest BCUT2D eigenvalue weighted by Crippen LogP contribution is 2.25. The number of hydrogen-bond acceptors (Lipinski definition) is 6. The van der Waals surface area contributed by atoms with Crippen LogP contribution in [-0.4, -0.2) is 30.9 Å². The Morgan fingerprint density at radius 2 is 1.79 bits per heavy atom. The van der Waals surface area contributed by atoms with Gasteiger partial charge < -0.3 is 10.1 Å². The molecular weight excluding hydrogens is 467 g/mol. The molecule has 150 valence electrons. The van der Waals surface area contributed by atoms with Gasteiger partial charge in [0, 0.05) is 18.1 Å². The first-order valence-electron chi connectivity index (χ1n) is 8.11. The van der Waals surface area contributed by atoms with Gasteiger partial charge >= 0.3 is 0 Å². The second-order valence-electron chi connectivity index (χ2n) is 5.61. The molecule has 0 spiro atoms. The van der Waals surface area contributed by atoms with Crippen LogP contribution in [0.5, 0.6) is 5.75 Å². The van der Waals surface area contributed by atoms with Gasteiger partial charge in [-0.05, 0) is 64.5 Å². The van der Waals surface area contributed by atoms with Crippen LogP contribution in [0.2, 0.25) is 0 Å². The second kappa shape index (κ2) is 8.97. The number of nitrogens with zero attached hydrogens (tertiary/aromatic N) is 2. The SMILES string of the molecule is O=C(COc1ccc(F)cc1Br)Nc1ccc(S(=O)(=O)Nc2ncccn2)cc1. The maximum atomic E-state index is 13.1. The summed E-state index contributed by atoms with van der Waals surface area (Å²) in [5.41, 5.74) is 0.381. The zero-order valence-corrected chi connectivity index (χ0v) is 17.1. The Balaban J connectivity index is 1.59. The molecule has 0 saturated heterocycles. The van der Waals surface area contributed by atoms with Crippen molar-refractivity contribution in [2.75, 3.05) is 16.6 Å². The fourth-order valence-electron chi connectivity index (χ4n) is 2.18. The first-order chi connectivity index (χ1) is 13.8. The van der Waals surface area contributed by atoms with Gasteiger partial charge in [0.2, 0.25) is 5.95 Å². The minimum Gasteiger partial charge on any atom is -0.483 e. The van der Waals surface area contributed by atoms with Crippen molar-refractivity contribution >= 4 is 43.5 Å². The van der Waals surface area contributed by atoms with Crippen molar-refractivity contribution < 1.29 is 22.3 Å². The summed E-state index contributed by atoms with van der Waals surface area (Å²) >= 11 is 3.15. The van der Waals surface area contributed by atoms with Crippen LogP contribution in [0.4, 0.5) is 16.0 Å². The second-order valence-corrected chi connectivity index (χ2v) is 8.15. The van der Waals surface area contributed by atoms with E-state index in [4.69, 9.17) is 4.74 Å². The molecule has 0 fully saturated rings. The Kier molecular flexibility index (Phi) is 6.39. The molecule has 11 heteroatoms. The molecule has 0 radical (unpaired) electrons. The molecule has 0 unspecified atom stereocenters. The van der Waals surface area contributed by atoms with Crippen LogP contribution in [0, 0.1) is 5.82 Å². The molecule has 3 rings (SSSR count). The molecule has 29 heavy (non-hydrogen) atoms. The van der Waals surface area contributed by atoms with Crippen molar-refractivity contribution in [2.24, 2.45) is 0 Å². The Morgan fingerprint density at radius 1 is 1.10 bits per heavy atom. The summed E-state index contributed by atoms with van der Waals surface area (Å²) in [5.74, 6) is -0.629. The van der Waals surface area contributed by atoms with E-state index in [2.05, 4.69) is 35.9 Å². The normalized spacial score (nSPS) is 11.0. The van der Waals surface area contributed by atoms with Crippen molar-refractivity contribution in [1.29, 1.82) is 0 Å². The van der Waals surface area contributed by atoms with E-state index in [-0.39, 0.29) is 17.5 Å². The molecule has 0 bridgehead atoms. The van der Waals surface area contributed by atoms with E-state index in [0.717, 1.165) is 0 Å². The summed E-state index contributed by atoms with van der Waals surface area (Å²) in [6.45, 7) is -0.308. The standard InChI is InChI=1S/C18H14BrFN4O4S/c19-15-10-12(20)2-7-16(15)28-11-17(25)23-13-3-5-14(6-4-13)29(26,27)24-18-21-8-1-9-22-18/h1-10H,11H2,(H,23,25)(H,21,22,24). The number of sulfonamides is 1. The molecule has 2 aromatic carbocycles. The quantitative estimate of drug-likeness (QED) is 0.537. The Labute approximate surface area is 174 Å². The number of anilines is 2. The predicted molar refractivity (Wildman–Crippen MR) is 108 cm³/mol. The van der Waals surface area contributed by atoms with Crippen molar-refractivity contribution in [3.8, 4) is 5.75 Å². The number of carbonyl (C=O) groups is 1. The third-order valence-corrected chi connectivity index (χ3v) is 5.46. The zero-order chi connectivity index (χ0) is 20.9. The Bertz CT molecular complexity index is 1110. The van der Waals surface area contributed by atoms with Crippen molar-refractivity contribution in [2.45, 2.75) is 4.90 Å². The molecule has 2 N–H and O–H groups in total. The van der Waals surface area contributed by atoms with Gasteiger partial charge in [-0.3, -0.25) is 4.79 Å². The van der Waals surface area contributed by atoms with Crippen LogP contribution in [0.15, 0.2) is 70.3 Å². The number of benzene rings is 2. The zero-order valence-electron chi connectivity index (χ0n) is 14.7. The van der Waals surface area contributed by atoms with E-state index in [1.165, 1.54) is 54.9 Å². The minimum atomic E-state index is -3.86. The average Bonchev–Trinajstić information content (AvgIpc) is 2.68. The number of ether oxygens (including phenoxy) is 1. The van der Waals surface area contributed by atoms with E-state index in [1.807, 2.05) is 0 Å². The molecule has 0 atom stereocenters. The Morgan fingerprint density at radius 3 is 2.45 bits per heavy atom. The molecule has 0 aliphatic heterocycles. The van der Waals surface area contributed by atoms with Crippen molar-refractivity contribution in [1.82, 2.24) is 9.97 Å². The van der Waals surface area contributed by atoms with Crippen LogP contribution in [0.25, 0.3) is 0 Å². The highest BCUT2D eigenvalue weighted by Gasteiger charge is 2.15. The summed E-state index contributed by atoms with van der Waals surface area (Å²) < 4.78 is 45.7. The third kappa shape index (κ3) is 5.72. The van der Waals surface area contributed by atoms with E-state index in [0.29, 0.717) is 15.9 Å². The molecule has 1 heterocycles. The summed E-state index contributed by atoms with van der Waals surface area (Å²) in [6, 6.07) is 10.9. The average molecular weight is 481 g/mol. The van der Waals surface area contributed by atoms with Gasteiger partial charge in [0.15, 0.2) is 6.61 Å². The van der Waals surface area contributed by atoms with Gasteiger partial charge in [0.05, 0.1) is 9.37 Å². The summed E-state index contributed by atoms with van der Waals surface area (Å²) in [6.07, 6.45) is 2.83. The van der Waals surface area contributed by atoms with E-state index >= 15 is 0 Å². The van der Waals surface area contributed by atoms with Crippen LogP contribution in [0.3, 0.4) is 0 Å².